The smallest absolute Gasteiger partial charge is 0.322 e. The van der Waals surface area contributed by atoms with Crippen LogP contribution in [0, 0.1) is 0 Å². The van der Waals surface area contributed by atoms with Gasteiger partial charge in [-0.15, -0.1) is 11.3 Å². The summed E-state index contributed by atoms with van der Waals surface area (Å²) in [6, 6.07) is 24.8. The molecule has 7 nitrogen and oxygen atoms in total. The van der Waals surface area contributed by atoms with Gasteiger partial charge in [0.1, 0.15) is 0 Å². The topological polar surface area (TPSA) is 100 Å². The quantitative estimate of drug-likeness (QED) is 0.356. The number of amides is 3. The van der Waals surface area contributed by atoms with E-state index in [1.165, 1.54) is 11.3 Å². The zero-order chi connectivity index (χ0) is 23.5. The van der Waals surface area contributed by atoms with E-state index in [1.807, 2.05) is 54.6 Å². The van der Waals surface area contributed by atoms with Crippen molar-refractivity contribution in [3.05, 3.63) is 94.4 Å². The van der Waals surface area contributed by atoms with Crippen LogP contribution in [0.25, 0.3) is 11.1 Å². The maximum absolute atomic E-state index is 12.9. The fourth-order valence-corrected chi connectivity index (χ4v) is 4.85. The number of carbonyl (C=O) groups is 2. The normalized spacial score (nSPS) is 12.6. The van der Waals surface area contributed by atoms with Gasteiger partial charge in [0.15, 0.2) is 5.01 Å². The Morgan fingerprint density at radius 1 is 0.882 bits per heavy atom. The summed E-state index contributed by atoms with van der Waals surface area (Å²) in [4.78, 5) is 32.7. The molecule has 3 aromatic carbocycles. The molecule has 0 radical (unpaired) electrons. The average Bonchev–Trinajstić information content (AvgIpc) is 3.30. The van der Waals surface area contributed by atoms with Crippen molar-refractivity contribution < 1.29 is 9.59 Å². The lowest BCUT2D eigenvalue weighted by Crippen LogP contribution is -2.38. The lowest BCUT2D eigenvalue weighted by molar-refractivity contribution is 0.102. The van der Waals surface area contributed by atoms with Gasteiger partial charge in [-0.2, -0.15) is 0 Å². The van der Waals surface area contributed by atoms with Gasteiger partial charge in [0, 0.05) is 23.5 Å². The summed E-state index contributed by atoms with van der Waals surface area (Å²) in [6.07, 6.45) is 0.604. The molecule has 0 unspecified atom stereocenters. The lowest BCUT2D eigenvalue weighted by atomic mass is 10.1. The minimum Gasteiger partial charge on any atom is -0.397 e. The first-order valence-electron chi connectivity index (χ1n) is 10.9. The van der Waals surface area contributed by atoms with Crippen molar-refractivity contribution in [3.63, 3.8) is 0 Å². The summed E-state index contributed by atoms with van der Waals surface area (Å²) in [5.41, 5.74) is 10.8. The highest BCUT2D eigenvalue weighted by molar-refractivity contribution is 7.13. The van der Waals surface area contributed by atoms with Gasteiger partial charge in [0.2, 0.25) is 0 Å². The highest BCUT2D eigenvalue weighted by atomic mass is 32.1. The van der Waals surface area contributed by atoms with E-state index in [0.717, 1.165) is 27.4 Å². The van der Waals surface area contributed by atoms with Gasteiger partial charge in [-0.25, -0.2) is 9.78 Å². The number of carbonyl (C=O) groups excluding carboxylic acids is 2. The van der Waals surface area contributed by atoms with Gasteiger partial charge in [-0.3, -0.25) is 4.79 Å². The molecule has 3 amide bonds. The van der Waals surface area contributed by atoms with Gasteiger partial charge in [-0.1, -0.05) is 54.6 Å². The number of para-hydroxylation sites is 2. The second-order valence-corrected chi connectivity index (χ2v) is 9.06. The van der Waals surface area contributed by atoms with Crippen LogP contribution in [-0.4, -0.2) is 28.4 Å². The summed E-state index contributed by atoms with van der Waals surface area (Å²) >= 11 is 1.31. The van der Waals surface area contributed by atoms with E-state index >= 15 is 0 Å². The number of benzene rings is 3. The zero-order valence-electron chi connectivity index (χ0n) is 18.3. The van der Waals surface area contributed by atoms with Crippen LogP contribution in [0.5, 0.6) is 0 Å². The number of nitrogen functional groups attached to an aromatic ring is 1. The van der Waals surface area contributed by atoms with E-state index in [0.29, 0.717) is 35.9 Å². The molecule has 170 valence electrons. The summed E-state index contributed by atoms with van der Waals surface area (Å²) < 4.78 is 0. The number of anilines is 3. The molecule has 4 N–H and O–H groups in total. The molecule has 0 fully saturated rings. The van der Waals surface area contributed by atoms with Crippen LogP contribution < -0.4 is 16.4 Å². The third kappa shape index (κ3) is 4.62. The number of nitrogens with zero attached hydrogens (tertiary/aromatic N) is 2. The van der Waals surface area contributed by atoms with Gasteiger partial charge < -0.3 is 21.3 Å². The molecular weight excluding hydrogens is 446 g/mol. The van der Waals surface area contributed by atoms with E-state index in [1.54, 1.807) is 17.0 Å². The summed E-state index contributed by atoms with van der Waals surface area (Å²) in [6.45, 7) is 0.957. The Morgan fingerprint density at radius 3 is 2.35 bits per heavy atom. The first kappa shape index (κ1) is 21.7. The van der Waals surface area contributed by atoms with Crippen molar-refractivity contribution in [1.82, 2.24) is 9.88 Å². The molecule has 1 aliphatic rings. The summed E-state index contributed by atoms with van der Waals surface area (Å²) in [5, 5.41) is 6.14. The Bertz CT molecular complexity index is 1340. The average molecular weight is 470 g/mol. The number of rotatable bonds is 4. The monoisotopic (exact) mass is 469 g/mol. The third-order valence-electron chi connectivity index (χ3n) is 5.66. The molecule has 0 saturated heterocycles. The fraction of sp³-hybridized carbons (Fsp3) is 0.115. The second kappa shape index (κ2) is 9.36. The second-order valence-electron chi connectivity index (χ2n) is 7.98. The standard InChI is InChI=1S/C26H23N5O2S/c27-20-8-4-5-9-21(20)29-24(32)25-30-22-14-15-31(16-23(22)34-25)26(33)28-19-12-10-18(11-13-19)17-6-2-1-3-7-17/h1-13H,14-16,27H2,(H,28,33)(H,29,32). The Hall–Kier alpha value is -4.17. The molecule has 0 aliphatic carbocycles. The van der Waals surface area contributed by atoms with Crippen LogP contribution in [0.2, 0.25) is 0 Å². The predicted octanol–water partition coefficient (Wildman–Crippen LogP) is 5.23. The number of hydrogen-bond acceptors (Lipinski definition) is 5. The molecule has 8 heteroatoms. The molecule has 0 bridgehead atoms. The van der Waals surface area contributed by atoms with Crippen LogP contribution in [0.15, 0.2) is 78.9 Å². The first-order valence-corrected chi connectivity index (χ1v) is 11.7. The van der Waals surface area contributed by atoms with Gasteiger partial charge in [-0.05, 0) is 35.4 Å². The van der Waals surface area contributed by atoms with E-state index in [9.17, 15) is 9.59 Å². The summed E-state index contributed by atoms with van der Waals surface area (Å²) in [7, 11) is 0. The molecule has 1 aliphatic heterocycles. The molecule has 0 saturated carbocycles. The van der Waals surface area contributed by atoms with Crippen molar-refractivity contribution >= 4 is 40.3 Å². The largest absolute Gasteiger partial charge is 0.397 e. The van der Waals surface area contributed by atoms with Crippen molar-refractivity contribution in [3.8, 4) is 11.1 Å². The molecule has 0 spiro atoms. The highest BCUT2D eigenvalue weighted by Gasteiger charge is 2.26. The van der Waals surface area contributed by atoms with Crippen LogP contribution in [0.3, 0.4) is 0 Å². The maximum Gasteiger partial charge on any atom is 0.322 e. The maximum atomic E-state index is 12.9. The Balaban J connectivity index is 1.22. The van der Waals surface area contributed by atoms with E-state index in [4.69, 9.17) is 5.73 Å². The molecule has 2 heterocycles. The lowest BCUT2D eigenvalue weighted by Gasteiger charge is -2.26. The van der Waals surface area contributed by atoms with Crippen LogP contribution in [-0.2, 0) is 13.0 Å². The Labute approximate surface area is 201 Å². The van der Waals surface area contributed by atoms with Gasteiger partial charge in [0.05, 0.1) is 23.6 Å². The number of hydrogen-bond donors (Lipinski definition) is 3. The van der Waals surface area contributed by atoms with Crippen LogP contribution in [0.4, 0.5) is 21.9 Å². The van der Waals surface area contributed by atoms with Crippen molar-refractivity contribution in [2.45, 2.75) is 13.0 Å². The van der Waals surface area contributed by atoms with E-state index in [2.05, 4.69) is 27.8 Å². The zero-order valence-corrected chi connectivity index (χ0v) is 19.1. The number of thiazole rings is 1. The first-order chi connectivity index (χ1) is 16.6. The number of aromatic nitrogens is 1. The molecular formula is C26H23N5O2S. The molecule has 5 rings (SSSR count). The molecule has 1 aromatic heterocycles. The fourth-order valence-electron chi connectivity index (χ4n) is 3.83. The number of urea groups is 1. The molecule has 4 aromatic rings. The van der Waals surface area contributed by atoms with Gasteiger partial charge in [0.25, 0.3) is 5.91 Å². The minimum atomic E-state index is -0.299. The van der Waals surface area contributed by atoms with Crippen molar-refractivity contribution in [2.24, 2.45) is 0 Å². The number of nitrogens with two attached hydrogens (primary N) is 1. The van der Waals surface area contributed by atoms with E-state index < -0.39 is 0 Å². The van der Waals surface area contributed by atoms with Crippen molar-refractivity contribution in [2.75, 3.05) is 22.9 Å². The number of nitrogens with one attached hydrogen (secondary N) is 2. The van der Waals surface area contributed by atoms with Crippen LogP contribution >= 0.6 is 11.3 Å². The summed E-state index contributed by atoms with van der Waals surface area (Å²) in [5.74, 6) is -0.299. The minimum absolute atomic E-state index is 0.172. The van der Waals surface area contributed by atoms with Crippen molar-refractivity contribution in [1.29, 1.82) is 0 Å². The Kier molecular flexibility index (Phi) is 5.97. The third-order valence-corrected chi connectivity index (χ3v) is 6.75. The molecule has 0 atom stereocenters. The Morgan fingerprint density at radius 2 is 1.59 bits per heavy atom. The SMILES string of the molecule is Nc1ccccc1NC(=O)c1nc2c(s1)CN(C(=O)Nc1ccc(-c3ccccc3)cc1)CC2. The highest BCUT2D eigenvalue weighted by Crippen LogP contribution is 2.27. The molecule has 34 heavy (non-hydrogen) atoms. The van der Waals surface area contributed by atoms with E-state index in [-0.39, 0.29) is 11.9 Å². The predicted molar refractivity (Wildman–Crippen MR) is 136 cm³/mol. The van der Waals surface area contributed by atoms with Crippen LogP contribution in [0.1, 0.15) is 20.4 Å². The van der Waals surface area contributed by atoms with Gasteiger partial charge >= 0.3 is 6.03 Å². The number of fused-ring (bicyclic) bond motifs is 1.